The third kappa shape index (κ3) is 8.43. The number of hydrogen-bond donors (Lipinski definition) is 0. The summed E-state index contributed by atoms with van der Waals surface area (Å²) < 4.78 is 2.42. The summed E-state index contributed by atoms with van der Waals surface area (Å²) in [6.07, 6.45) is 19.8. The number of carbonyl (C=O) groups is 1. The van der Waals surface area contributed by atoms with Gasteiger partial charge in [0.2, 0.25) is 5.91 Å². The first-order chi connectivity index (χ1) is 19.1. The van der Waals surface area contributed by atoms with Crippen LogP contribution in [0.15, 0.2) is 42.5 Å². The molecule has 4 heteroatoms. The number of amides is 1. The van der Waals surface area contributed by atoms with Crippen LogP contribution in [-0.4, -0.2) is 22.0 Å². The Morgan fingerprint density at radius 2 is 1.33 bits per heavy atom. The summed E-state index contributed by atoms with van der Waals surface area (Å²) in [5.41, 5.74) is 5.68. The largest absolute Gasteiger partial charge is 0.328 e. The number of nitrogens with zero attached hydrogens (tertiary/aromatic N) is 3. The van der Waals surface area contributed by atoms with Gasteiger partial charge in [-0.1, -0.05) is 109 Å². The first-order valence-electron chi connectivity index (χ1n) is 15.9. The van der Waals surface area contributed by atoms with E-state index in [1.807, 2.05) is 4.90 Å². The highest BCUT2D eigenvalue weighted by atomic mass is 16.2. The second-order valence-corrected chi connectivity index (χ2v) is 12.0. The van der Waals surface area contributed by atoms with Gasteiger partial charge in [0.05, 0.1) is 11.0 Å². The Hall–Kier alpha value is -2.62. The quantitative estimate of drug-likeness (QED) is 0.163. The summed E-state index contributed by atoms with van der Waals surface area (Å²) in [6.45, 7) is 8.19. The van der Waals surface area contributed by atoms with E-state index in [1.165, 1.54) is 107 Å². The lowest BCUT2D eigenvalue weighted by Crippen LogP contribution is -2.24. The van der Waals surface area contributed by atoms with Gasteiger partial charge in [-0.15, -0.1) is 0 Å². The average Bonchev–Trinajstić information content (AvgIpc) is 3.48. The number of anilines is 1. The fourth-order valence-corrected chi connectivity index (χ4v) is 6.34. The van der Waals surface area contributed by atoms with Gasteiger partial charge in [0.15, 0.2) is 0 Å². The van der Waals surface area contributed by atoms with Gasteiger partial charge in [0.25, 0.3) is 0 Å². The number of hydrogen-bond acceptors (Lipinski definition) is 2. The molecule has 1 saturated heterocycles. The number of unbranched alkanes of at least 4 members (excludes halogenated alkanes) is 13. The molecular weight excluding hydrogens is 478 g/mol. The topological polar surface area (TPSA) is 38.1 Å². The maximum atomic E-state index is 13.1. The molecule has 1 aliphatic heterocycles. The first-order valence-corrected chi connectivity index (χ1v) is 15.9. The van der Waals surface area contributed by atoms with Gasteiger partial charge in [-0.2, -0.15) is 0 Å². The summed E-state index contributed by atoms with van der Waals surface area (Å²) in [7, 11) is 0. The van der Waals surface area contributed by atoms with Crippen molar-refractivity contribution >= 4 is 22.6 Å². The van der Waals surface area contributed by atoms with Crippen molar-refractivity contribution in [1.82, 2.24) is 9.55 Å². The fourth-order valence-electron chi connectivity index (χ4n) is 6.34. The van der Waals surface area contributed by atoms with Crippen LogP contribution in [0.25, 0.3) is 11.0 Å². The monoisotopic (exact) mass is 529 g/mol. The van der Waals surface area contributed by atoms with E-state index >= 15 is 0 Å². The zero-order valence-corrected chi connectivity index (χ0v) is 24.9. The van der Waals surface area contributed by atoms with Gasteiger partial charge in [0, 0.05) is 31.1 Å². The van der Waals surface area contributed by atoms with Crippen molar-refractivity contribution in [2.75, 3.05) is 11.4 Å². The highest BCUT2D eigenvalue weighted by Crippen LogP contribution is 2.34. The molecule has 0 N–H and O–H groups in total. The molecule has 1 atom stereocenters. The lowest BCUT2D eigenvalue weighted by molar-refractivity contribution is -0.117. The van der Waals surface area contributed by atoms with Gasteiger partial charge in [-0.25, -0.2) is 4.98 Å². The minimum absolute atomic E-state index is 0.136. The molecule has 212 valence electrons. The van der Waals surface area contributed by atoms with E-state index in [2.05, 4.69) is 67.8 Å². The molecule has 1 unspecified atom stereocenters. The molecular formula is C35H51N3O. The molecule has 1 aliphatic rings. The Labute approximate surface area is 237 Å². The lowest BCUT2D eigenvalue weighted by Gasteiger charge is -2.18. The third-order valence-corrected chi connectivity index (χ3v) is 8.43. The number of aromatic nitrogens is 2. The molecule has 1 aromatic heterocycles. The zero-order valence-electron chi connectivity index (χ0n) is 24.9. The van der Waals surface area contributed by atoms with E-state index < -0.39 is 0 Å². The standard InChI is InChI=1S/C35H51N3O/c1-4-5-6-7-8-9-10-11-12-13-14-15-16-19-22-37-33-21-18-17-20-32(33)36-35(37)30-26-34(39)38(27-30)31-24-28(2)23-29(3)25-31/h17-18,20-21,23-25,30H,4-16,19,22,26-27H2,1-3H3. The molecule has 2 heterocycles. The molecule has 0 bridgehead atoms. The van der Waals surface area contributed by atoms with Crippen molar-refractivity contribution in [3.63, 3.8) is 0 Å². The number of aryl methyl sites for hydroxylation is 3. The van der Waals surface area contributed by atoms with E-state index in [0.717, 1.165) is 23.6 Å². The number of benzene rings is 2. The van der Waals surface area contributed by atoms with Crippen LogP contribution >= 0.6 is 0 Å². The van der Waals surface area contributed by atoms with Crippen molar-refractivity contribution in [3.05, 3.63) is 59.4 Å². The van der Waals surface area contributed by atoms with Crippen molar-refractivity contribution in [3.8, 4) is 0 Å². The Bertz CT molecular complexity index is 1160. The molecule has 1 amide bonds. The molecule has 2 aromatic carbocycles. The number of carbonyl (C=O) groups excluding carboxylic acids is 1. The molecule has 1 fully saturated rings. The predicted molar refractivity (Wildman–Crippen MR) is 166 cm³/mol. The SMILES string of the molecule is CCCCCCCCCCCCCCCCn1c(C2CC(=O)N(c3cc(C)cc(C)c3)C2)nc2ccccc21. The predicted octanol–water partition coefficient (Wildman–Crippen LogP) is 9.65. The smallest absolute Gasteiger partial charge is 0.227 e. The Morgan fingerprint density at radius 3 is 1.95 bits per heavy atom. The van der Waals surface area contributed by atoms with Crippen LogP contribution in [-0.2, 0) is 11.3 Å². The Balaban J connectivity index is 1.24. The molecule has 39 heavy (non-hydrogen) atoms. The number of para-hydroxylation sites is 2. The zero-order chi connectivity index (χ0) is 27.5. The van der Waals surface area contributed by atoms with E-state index in [-0.39, 0.29) is 11.8 Å². The van der Waals surface area contributed by atoms with E-state index in [9.17, 15) is 4.79 Å². The van der Waals surface area contributed by atoms with Crippen LogP contribution in [0, 0.1) is 13.8 Å². The van der Waals surface area contributed by atoms with Crippen LogP contribution in [0.1, 0.15) is 126 Å². The second-order valence-electron chi connectivity index (χ2n) is 12.0. The van der Waals surface area contributed by atoms with Gasteiger partial charge in [-0.3, -0.25) is 4.79 Å². The number of imidazole rings is 1. The van der Waals surface area contributed by atoms with E-state index in [4.69, 9.17) is 4.98 Å². The molecule has 0 radical (unpaired) electrons. The van der Waals surface area contributed by atoms with Crippen LogP contribution in [0.4, 0.5) is 5.69 Å². The van der Waals surface area contributed by atoms with Crippen molar-refractivity contribution in [1.29, 1.82) is 0 Å². The van der Waals surface area contributed by atoms with Gasteiger partial charge in [0.1, 0.15) is 5.82 Å². The average molecular weight is 530 g/mol. The lowest BCUT2D eigenvalue weighted by atomic mass is 10.0. The van der Waals surface area contributed by atoms with E-state index in [1.54, 1.807) is 0 Å². The van der Waals surface area contributed by atoms with Gasteiger partial charge in [-0.05, 0) is 55.7 Å². The first kappa shape index (κ1) is 29.4. The molecule has 3 aromatic rings. The summed E-state index contributed by atoms with van der Waals surface area (Å²) in [5.74, 6) is 1.43. The van der Waals surface area contributed by atoms with Gasteiger partial charge >= 0.3 is 0 Å². The normalized spacial score (nSPS) is 15.6. The fraction of sp³-hybridized carbons (Fsp3) is 0.600. The number of rotatable bonds is 17. The van der Waals surface area contributed by atoms with Crippen molar-refractivity contribution in [2.24, 2.45) is 0 Å². The second kappa shape index (κ2) is 15.2. The molecule has 0 aliphatic carbocycles. The summed E-state index contributed by atoms with van der Waals surface area (Å²) in [4.78, 5) is 20.1. The summed E-state index contributed by atoms with van der Waals surface area (Å²) in [6, 6.07) is 14.9. The maximum absolute atomic E-state index is 13.1. The van der Waals surface area contributed by atoms with Crippen LogP contribution in [0.3, 0.4) is 0 Å². The third-order valence-electron chi connectivity index (χ3n) is 8.43. The molecule has 0 spiro atoms. The summed E-state index contributed by atoms with van der Waals surface area (Å²) in [5, 5.41) is 0. The summed E-state index contributed by atoms with van der Waals surface area (Å²) >= 11 is 0. The van der Waals surface area contributed by atoms with Crippen molar-refractivity contribution in [2.45, 2.75) is 130 Å². The van der Waals surface area contributed by atoms with Crippen LogP contribution < -0.4 is 4.90 Å². The maximum Gasteiger partial charge on any atom is 0.227 e. The highest BCUT2D eigenvalue weighted by molar-refractivity contribution is 5.96. The van der Waals surface area contributed by atoms with Crippen molar-refractivity contribution < 1.29 is 4.79 Å². The molecule has 0 saturated carbocycles. The minimum Gasteiger partial charge on any atom is -0.328 e. The highest BCUT2D eigenvalue weighted by Gasteiger charge is 2.35. The molecule has 4 rings (SSSR count). The Morgan fingerprint density at radius 1 is 0.769 bits per heavy atom. The minimum atomic E-state index is 0.136. The van der Waals surface area contributed by atoms with E-state index in [0.29, 0.717) is 13.0 Å². The molecule has 4 nitrogen and oxygen atoms in total. The van der Waals surface area contributed by atoms with Gasteiger partial charge < -0.3 is 9.47 Å². The van der Waals surface area contributed by atoms with Crippen LogP contribution in [0.5, 0.6) is 0 Å². The Kier molecular flexibility index (Phi) is 11.5. The van der Waals surface area contributed by atoms with Crippen LogP contribution in [0.2, 0.25) is 0 Å². The number of fused-ring (bicyclic) bond motifs is 1.